The number of nitrogens with one attached hydrogen (secondary N) is 1. The molecule has 126 valence electrons. The molecule has 0 aromatic carbocycles. The molecule has 8 heteroatoms. The summed E-state index contributed by atoms with van der Waals surface area (Å²) in [5.41, 5.74) is 2.01. The second kappa shape index (κ2) is 6.68. The van der Waals surface area contributed by atoms with Gasteiger partial charge in [0.25, 0.3) is 5.56 Å². The van der Waals surface area contributed by atoms with E-state index in [1.54, 1.807) is 21.8 Å². The van der Waals surface area contributed by atoms with Gasteiger partial charge in [-0.05, 0) is 32.1 Å². The molecule has 3 aromatic heterocycles. The molecule has 0 spiro atoms. The standard InChI is InChI=1S/C16H19N5OS2/c1-2-5-13-18-15(20-19-13)23-9-10-8-14(22)21-11-6-3-4-7-12(11)24-16(21)17-10/h8H,2-7,9H2,1H3,(H,18,19,20). The van der Waals surface area contributed by atoms with Gasteiger partial charge in [0.2, 0.25) is 5.16 Å². The Bertz CT molecular complexity index is 926. The minimum atomic E-state index is 0.0386. The van der Waals surface area contributed by atoms with E-state index in [9.17, 15) is 4.79 Å². The fourth-order valence-electron chi connectivity index (χ4n) is 3.05. The third-order valence-electron chi connectivity index (χ3n) is 4.16. The summed E-state index contributed by atoms with van der Waals surface area (Å²) in [5, 5.41) is 7.87. The van der Waals surface area contributed by atoms with Crippen LogP contribution in [0.15, 0.2) is 16.0 Å². The molecule has 1 aliphatic carbocycles. The Kier molecular flexibility index (Phi) is 4.41. The fourth-order valence-corrected chi connectivity index (χ4v) is 4.99. The summed E-state index contributed by atoms with van der Waals surface area (Å²) in [6.45, 7) is 2.11. The summed E-state index contributed by atoms with van der Waals surface area (Å²) in [4.78, 5) is 23.8. The molecule has 3 aromatic rings. The van der Waals surface area contributed by atoms with Crippen LogP contribution in [0.3, 0.4) is 0 Å². The minimum Gasteiger partial charge on any atom is -0.269 e. The summed E-state index contributed by atoms with van der Waals surface area (Å²) >= 11 is 3.18. The highest BCUT2D eigenvalue weighted by Crippen LogP contribution is 2.28. The molecule has 0 amide bonds. The Morgan fingerprint density at radius 2 is 2.21 bits per heavy atom. The van der Waals surface area contributed by atoms with E-state index in [-0.39, 0.29) is 5.56 Å². The van der Waals surface area contributed by atoms with Gasteiger partial charge >= 0.3 is 0 Å². The summed E-state index contributed by atoms with van der Waals surface area (Å²) < 4.78 is 1.81. The van der Waals surface area contributed by atoms with Crippen LogP contribution in [0.1, 0.15) is 48.3 Å². The Morgan fingerprint density at radius 1 is 1.33 bits per heavy atom. The lowest BCUT2D eigenvalue weighted by atomic mass is 10.0. The molecule has 0 radical (unpaired) electrons. The molecule has 0 unspecified atom stereocenters. The van der Waals surface area contributed by atoms with Gasteiger partial charge in [0.15, 0.2) is 4.96 Å². The Hall–Kier alpha value is -1.67. The molecule has 3 heterocycles. The molecule has 0 saturated carbocycles. The Balaban J connectivity index is 1.57. The van der Waals surface area contributed by atoms with Crippen molar-refractivity contribution in [3.63, 3.8) is 0 Å². The number of nitrogens with zero attached hydrogens (tertiary/aromatic N) is 4. The predicted octanol–water partition coefficient (Wildman–Crippen LogP) is 3.00. The van der Waals surface area contributed by atoms with Crippen molar-refractivity contribution in [1.29, 1.82) is 0 Å². The maximum Gasteiger partial charge on any atom is 0.259 e. The number of H-pyrrole nitrogens is 1. The molecular formula is C16H19N5OS2. The molecule has 4 rings (SSSR count). The molecule has 0 bridgehead atoms. The van der Waals surface area contributed by atoms with E-state index in [0.717, 1.165) is 48.6 Å². The van der Waals surface area contributed by atoms with Gasteiger partial charge in [0.05, 0.1) is 5.69 Å². The normalized spacial score (nSPS) is 14.2. The number of thiazole rings is 1. The van der Waals surface area contributed by atoms with Gasteiger partial charge in [-0.2, -0.15) is 0 Å². The Morgan fingerprint density at radius 3 is 3.08 bits per heavy atom. The number of aromatic amines is 1. The van der Waals surface area contributed by atoms with Crippen molar-refractivity contribution in [3.8, 4) is 0 Å². The van der Waals surface area contributed by atoms with E-state index in [2.05, 4.69) is 22.1 Å². The van der Waals surface area contributed by atoms with Gasteiger partial charge in [-0.25, -0.2) is 9.97 Å². The molecule has 0 fully saturated rings. The van der Waals surface area contributed by atoms with Crippen molar-refractivity contribution in [3.05, 3.63) is 38.5 Å². The third-order valence-corrected chi connectivity index (χ3v) is 6.19. The second-order valence-corrected chi connectivity index (χ2v) is 7.99. The van der Waals surface area contributed by atoms with E-state index < -0.39 is 0 Å². The molecule has 1 N–H and O–H groups in total. The average Bonchev–Trinajstić information content (AvgIpc) is 3.17. The molecule has 0 atom stereocenters. The van der Waals surface area contributed by atoms with Crippen LogP contribution in [0.4, 0.5) is 0 Å². The van der Waals surface area contributed by atoms with Crippen LogP contribution in [0.5, 0.6) is 0 Å². The molecule has 0 saturated heterocycles. The summed E-state index contributed by atoms with van der Waals surface area (Å²) in [6.07, 6.45) is 6.37. The van der Waals surface area contributed by atoms with E-state index in [1.165, 1.54) is 28.8 Å². The van der Waals surface area contributed by atoms with Crippen molar-refractivity contribution in [2.45, 2.75) is 56.4 Å². The van der Waals surface area contributed by atoms with Gasteiger partial charge in [-0.15, -0.1) is 16.4 Å². The number of hydrogen-bond donors (Lipinski definition) is 1. The number of rotatable bonds is 5. The summed E-state index contributed by atoms with van der Waals surface area (Å²) in [5.74, 6) is 1.52. The fraction of sp³-hybridized carbons (Fsp3) is 0.500. The van der Waals surface area contributed by atoms with Crippen LogP contribution in [-0.2, 0) is 25.0 Å². The minimum absolute atomic E-state index is 0.0386. The van der Waals surface area contributed by atoms with Crippen molar-refractivity contribution >= 4 is 28.1 Å². The molecule has 24 heavy (non-hydrogen) atoms. The van der Waals surface area contributed by atoms with E-state index in [1.807, 2.05) is 0 Å². The SMILES string of the molecule is CCCc1nc(SCc2cc(=O)n3c4c(sc3n2)CCCC4)n[nH]1. The van der Waals surface area contributed by atoms with Gasteiger partial charge < -0.3 is 0 Å². The Labute approximate surface area is 147 Å². The lowest BCUT2D eigenvalue weighted by Gasteiger charge is -2.09. The topological polar surface area (TPSA) is 75.9 Å². The monoisotopic (exact) mass is 361 g/mol. The van der Waals surface area contributed by atoms with Crippen LogP contribution in [0.25, 0.3) is 4.96 Å². The van der Waals surface area contributed by atoms with Crippen LogP contribution >= 0.6 is 23.1 Å². The van der Waals surface area contributed by atoms with Crippen molar-refractivity contribution in [1.82, 2.24) is 24.6 Å². The van der Waals surface area contributed by atoms with E-state index in [0.29, 0.717) is 10.9 Å². The third kappa shape index (κ3) is 3.00. The lowest BCUT2D eigenvalue weighted by Crippen LogP contribution is -2.17. The maximum atomic E-state index is 12.5. The zero-order chi connectivity index (χ0) is 16.5. The molecule has 0 aliphatic heterocycles. The quantitative estimate of drug-likeness (QED) is 0.707. The first-order valence-electron chi connectivity index (χ1n) is 8.32. The van der Waals surface area contributed by atoms with E-state index >= 15 is 0 Å². The van der Waals surface area contributed by atoms with Crippen LogP contribution < -0.4 is 5.56 Å². The lowest BCUT2D eigenvalue weighted by molar-refractivity contribution is 0.670. The average molecular weight is 361 g/mol. The largest absolute Gasteiger partial charge is 0.269 e. The first-order valence-corrected chi connectivity index (χ1v) is 10.1. The number of hydrogen-bond acceptors (Lipinski definition) is 6. The van der Waals surface area contributed by atoms with Crippen LogP contribution in [-0.4, -0.2) is 24.6 Å². The zero-order valence-electron chi connectivity index (χ0n) is 13.5. The summed E-state index contributed by atoms with van der Waals surface area (Å²) in [6, 6.07) is 1.65. The van der Waals surface area contributed by atoms with Crippen LogP contribution in [0, 0.1) is 0 Å². The predicted molar refractivity (Wildman–Crippen MR) is 95.9 cm³/mol. The highest BCUT2D eigenvalue weighted by molar-refractivity contribution is 7.98. The number of thioether (sulfide) groups is 1. The summed E-state index contributed by atoms with van der Waals surface area (Å²) in [7, 11) is 0. The molecule has 6 nitrogen and oxygen atoms in total. The van der Waals surface area contributed by atoms with Gasteiger partial charge in [0.1, 0.15) is 5.82 Å². The first-order chi connectivity index (χ1) is 11.7. The van der Waals surface area contributed by atoms with Gasteiger partial charge in [-0.1, -0.05) is 18.7 Å². The van der Waals surface area contributed by atoms with Crippen molar-refractivity contribution in [2.24, 2.45) is 0 Å². The highest BCUT2D eigenvalue weighted by atomic mass is 32.2. The highest BCUT2D eigenvalue weighted by Gasteiger charge is 2.18. The molecular weight excluding hydrogens is 342 g/mol. The smallest absolute Gasteiger partial charge is 0.259 e. The number of fused-ring (bicyclic) bond motifs is 3. The van der Waals surface area contributed by atoms with Crippen molar-refractivity contribution < 1.29 is 0 Å². The maximum absolute atomic E-state index is 12.5. The van der Waals surface area contributed by atoms with Crippen molar-refractivity contribution in [2.75, 3.05) is 0 Å². The van der Waals surface area contributed by atoms with E-state index in [4.69, 9.17) is 4.98 Å². The zero-order valence-corrected chi connectivity index (χ0v) is 15.2. The second-order valence-electron chi connectivity index (χ2n) is 5.99. The van der Waals surface area contributed by atoms with Gasteiger partial charge in [0, 0.05) is 28.8 Å². The first kappa shape index (κ1) is 15.8. The molecule has 1 aliphatic rings. The van der Waals surface area contributed by atoms with Crippen LogP contribution in [0.2, 0.25) is 0 Å². The van der Waals surface area contributed by atoms with Gasteiger partial charge in [-0.3, -0.25) is 14.3 Å². The number of aromatic nitrogens is 5. The number of aryl methyl sites for hydroxylation is 3.